The number of nitrogens with one attached hydrogen (secondary N) is 1. The third-order valence-electron chi connectivity index (χ3n) is 3.64. The molecule has 3 N–H and O–H groups in total. The molecule has 0 bridgehead atoms. The van der Waals surface area contributed by atoms with Crippen molar-refractivity contribution in [1.29, 1.82) is 0 Å². The van der Waals surface area contributed by atoms with Crippen LogP contribution >= 0.6 is 27.5 Å². The number of carbonyl (C=O) groups excluding carboxylic acids is 1. The maximum absolute atomic E-state index is 12.1. The van der Waals surface area contributed by atoms with Crippen molar-refractivity contribution in [3.05, 3.63) is 27.2 Å². The van der Waals surface area contributed by atoms with Crippen molar-refractivity contribution >= 4 is 43.5 Å². The number of sulfonamides is 1. The van der Waals surface area contributed by atoms with Gasteiger partial charge in [0.15, 0.2) is 0 Å². The Bertz CT molecular complexity index is 660. The fourth-order valence-corrected chi connectivity index (χ4v) is 3.53. The molecule has 0 heterocycles. The molecule has 21 heavy (non-hydrogen) atoms. The highest BCUT2D eigenvalue weighted by Gasteiger charge is 2.20. The molecule has 0 unspecified atom stereocenters. The van der Waals surface area contributed by atoms with Gasteiger partial charge in [-0.3, -0.25) is 4.79 Å². The molecule has 116 valence electrons. The molecular weight excluding hydrogens is 380 g/mol. The van der Waals surface area contributed by atoms with Crippen LogP contribution < -0.4 is 10.5 Å². The van der Waals surface area contributed by atoms with Crippen LogP contribution in [0.25, 0.3) is 0 Å². The van der Waals surface area contributed by atoms with E-state index in [1.54, 1.807) is 0 Å². The smallest absolute Gasteiger partial charge is 0.252 e. The number of hydrogen-bond donors (Lipinski definition) is 2. The van der Waals surface area contributed by atoms with Gasteiger partial charge in [-0.1, -0.05) is 30.9 Å². The number of amides is 1. The summed E-state index contributed by atoms with van der Waals surface area (Å²) in [5.74, 6) is 0.286. The van der Waals surface area contributed by atoms with Gasteiger partial charge in [0.1, 0.15) is 0 Å². The first-order valence-electron chi connectivity index (χ1n) is 6.59. The van der Waals surface area contributed by atoms with E-state index in [2.05, 4.69) is 21.2 Å². The molecule has 0 aromatic heterocycles. The maximum atomic E-state index is 12.1. The third kappa shape index (κ3) is 4.18. The lowest BCUT2D eigenvalue weighted by Gasteiger charge is -2.25. The Kier molecular flexibility index (Phi) is 5.29. The van der Waals surface area contributed by atoms with Crippen LogP contribution in [0, 0.1) is 5.92 Å². The number of nitrogens with two attached hydrogens (primary N) is 1. The summed E-state index contributed by atoms with van der Waals surface area (Å²) in [6.07, 6.45) is 4.61. The zero-order chi connectivity index (χ0) is 15.6. The van der Waals surface area contributed by atoms with Crippen molar-refractivity contribution in [2.45, 2.75) is 30.6 Å². The van der Waals surface area contributed by atoms with Gasteiger partial charge >= 0.3 is 0 Å². The molecule has 2 rings (SSSR count). The van der Waals surface area contributed by atoms with E-state index in [0.717, 1.165) is 6.42 Å². The molecule has 5 nitrogen and oxygen atoms in total. The first-order chi connectivity index (χ1) is 9.79. The number of primary sulfonamides is 1. The van der Waals surface area contributed by atoms with Gasteiger partial charge in [-0.25, -0.2) is 13.6 Å². The second-order valence-electron chi connectivity index (χ2n) is 5.15. The molecule has 0 atom stereocenters. The summed E-state index contributed by atoms with van der Waals surface area (Å²) < 4.78 is 23.1. The Morgan fingerprint density at radius 3 is 2.62 bits per heavy atom. The standard InChI is InChI=1S/C13H16BrClN2O3S/c14-11-7-9(21(16,19)20)6-10(12(11)15)13(18)17-5-4-8-2-1-3-8/h6-8H,1-5H2,(H,17,18)(H2,16,19,20). The lowest BCUT2D eigenvalue weighted by molar-refractivity contribution is 0.0949. The summed E-state index contributed by atoms with van der Waals surface area (Å²) in [4.78, 5) is 12.0. The zero-order valence-corrected chi connectivity index (χ0v) is 14.4. The van der Waals surface area contributed by atoms with E-state index in [0.29, 0.717) is 16.9 Å². The van der Waals surface area contributed by atoms with Gasteiger partial charge in [0, 0.05) is 11.0 Å². The summed E-state index contributed by atoms with van der Waals surface area (Å²) in [5.41, 5.74) is 0.101. The predicted octanol–water partition coefficient (Wildman–Crippen LogP) is 2.67. The molecule has 1 aliphatic rings. The van der Waals surface area contributed by atoms with Crippen LogP contribution in [0.4, 0.5) is 0 Å². The highest BCUT2D eigenvalue weighted by atomic mass is 79.9. The number of rotatable bonds is 5. The Hall–Kier alpha value is -0.630. The summed E-state index contributed by atoms with van der Waals surface area (Å²) in [7, 11) is -3.90. The number of halogens is 2. The van der Waals surface area contributed by atoms with Crippen molar-refractivity contribution < 1.29 is 13.2 Å². The van der Waals surface area contributed by atoms with Crippen LogP contribution in [-0.2, 0) is 10.0 Å². The molecule has 1 amide bonds. The predicted molar refractivity (Wildman–Crippen MR) is 84.8 cm³/mol. The van der Waals surface area contributed by atoms with Crippen molar-refractivity contribution in [2.75, 3.05) is 6.54 Å². The summed E-state index contributed by atoms with van der Waals surface area (Å²) in [6, 6.07) is 2.48. The molecule has 0 radical (unpaired) electrons. The third-order valence-corrected chi connectivity index (χ3v) is 5.79. The summed E-state index contributed by atoms with van der Waals surface area (Å²) in [6.45, 7) is 0.553. The van der Waals surface area contributed by atoms with Crippen molar-refractivity contribution in [3.8, 4) is 0 Å². The average Bonchev–Trinajstić information content (AvgIpc) is 2.33. The fourth-order valence-electron chi connectivity index (χ4n) is 2.16. The molecule has 0 saturated heterocycles. The van der Waals surface area contributed by atoms with Gasteiger partial charge in [-0.2, -0.15) is 0 Å². The lowest BCUT2D eigenvalue weighted by atomic mass is 9.83. The molecule has 0 aliphatic heterocycles. The monoisotopic (exact) mass is 394 g/mol. The van der Waals surface area contributed by atoms with Crippen LogP contribution in [0.5, 0.6) is 0 Å². The first-order valence-corrected chi connectivity index (χ1v) is 9.31. The van der Waals surface area contributed by atoms with E-state index in [9.17, 15) is 13.2 Å². The van der Waals surface area contributed by atoms with Gasteiger partial charge in [0.2, 0.25) is 10.0 Å². The second kappa shape index (κ2) is 6.64. The number of carbonyl (C=O) groups is 1. The normalized spacial score (nSPS) is 15.6. The van der Waals surface area contributed by atoms with Gasteiger partial charge < -0.3 is 5.32 Å². The van der Waals surface area contributed by atoms with Crippen molar-refractivity contribution in [2.24, 2.45) is 11.1 Å². The van der Waals surface area contributed by atoms with E-state index in [-0.39, 0.29) is 15.5 Å². The van der Waals surface area contributed by atoms with Gasteiger partial charge in [0.25, 0.3) is 5.91 Å². The van der Waals surface area contributed by atoms with Crippen LogP contribution in [0.15, 0.2) is 21.5 Å². The first kappa shape index (κ1) is 16.7. The van der Waals surface area contributed by atoms with Gasteiger partial charge in [-0.15, -0.1) is 0 Å². The largest absolute Gasteiger partial charge is 0.352 e. The Labute approximate surface area is 137 Å². The van der Waals surface area contributed by atoms with Gasteiger partial charge in [0.05, 0.1) is 15.5 Å². The molecule has 1 aromatic rings. The minimum atomic E-state index is -3.90. The maximum Gasteiger partial charge on any atom is 0.252 e. The highest BCUT2D eigenvalue weighted by molar-refractivity contribution is 9.10. The van der Waals surface area contributed by atoms with E-state index >= 15 is 0 Å². The minimum absolute atomic E-state index is 0.101. The van der Waals surface area contributed by atoms with Crippen LogP contribution in [0.3, 0.4) is 0 Å². The van der Waals surface area contributed by atoms with Crippen LogP contribution in [-0.4, -0.2) is 20.9 Å². The van der Waals surface area contributed by atoms with Crippen LogP contribution in [0.2, 0.25) is 5.02 Å². The minimum Gasteiger partial charge on any atom is -0.352 e. The zero-order valence-electron chi connectivity index (χ0n) is 11.2. The van der Waals surface area contributed by atoms with E-state index in [4.69, 9.17) is 16.7 Å². The SMILES string of the molecule is NS(=O)(=O)c1cc(Br)c(Cl)c(C(=O)NCCC2CCC2)c1. The second-order valence-corrected chi connectivity index (χ2v) is 7.95. The quantitative estimate of drug-likeness (QED) is 0.803. The van der Waals surface area contributed by atoms with E-state index in [1.807, 2.05) is 0 Å². The molecule has 8 heteroatoms. The molecular formula is C13H16BrClN2O3S. The molecule has 1 saturated carbocycles. The average molecular weight is 396 g/mol. The Balaban J connectivity index is 2.13. The van der Waals surface area contributed by atoms with Gasteiger partial charge in [-0.05, 0) is 40.4 Å². The molecule has 1 aliphatic carbocycles. The molecule has 1 fully saturated rings. The highest BCUT2D eigenvalue weighted by Crippen LogP contribution is 2.30. The lowest BCUT2D eigenvalue weighted by Crippen LogP contribution is -2.28. The number of benzene rings is 1. The van der Waals surface area contributed by atoms with Crippen LogP contribution in [0.1, 0.15) is 36.0 Å². The Morgan fingerprint density at radius 1 is 1.43 bits per heavy atom. The fraction of sp³-hybridized carbons (Fsp3) is 0.462. The summed E-state index contributed by atoms with van der Waals surface area (Å²) >= 11 is 9.18. The summed E-state index contributed by atoms with van der Waals surface area (Å²) in [5, 5.41) is 8.02. The van der Waals surface area contributed by atoms with E-state index in [1.165, 1.54) is 31.4 Å². The topological polar surface area (TPSA) is 89.3 Å². The van der Waals surface area contributed by atoms with Crippen molar-refractivity contribution in [3.63, 3.8) is 0 Å². The molecule has 1 aromatic carbocycles. The molecule has 0 spiro atoms. The van der Waals surface area contributed by atoms with Crippen molar-refractivity contribution in [1.82, 2.24) is 5.32 Å². The van der Waals surface area contributed by atoms with E-state index < -0.39 is 15.9 Å². The Morgan fingerprint density at radius 2 is 2.10 bits per heavy atom. The number of hydrogen-bond acceptors (Lipinski definition) is 3.